The van der Waals surface area contributed by atoms with Crippen molar-refractivity contribution in [3.63, 3.8) is 0 Å². The molecule has 1 amide bonds. The number of hydrogen-bond acceptors (Lipinski definition) is 4. The molecule has 0 radical (unpaired) electrons. The molecular formula is C17H16Cl3N3O3. The van der Waals surface area contributed by atoms with Gasteiger partial charge in [-0.1, -0.05) is 40.9 Å². The highest BCUT2D eigenvalue weighted by molar-refractivity contribution is 6.42. The van der Waals surface area contributed by atoms with Gasteiger partial charge in [0.25, 0.3) is 5.69 Å². The molecule has 0 saturated carbocycles. The Hall–Kier alpha value is -1.86. The topological polar surface area (TPSA) is 75.5 Å². The number of nitro groups is 1. The number of anilines is 1. The highest BCUT2D eigenvalue weighted by Gasteiger charge is 2.20. The minimum atomic E-state index is -0.550. The maximum Gasteiger partial charge on any atom is 0.271 e. The van der Waals surface area contributed by atoms with Crippen LogP contribution in [0.2, 0.25) is 15.1 Å². The Morgan fingerprint density at radius 1 is 1.15 bits per heavy atom. The summed E-state index contributed by atoms with van der Waals surface area (Å²) >= 11 is 17.9. The third kappa shape index (κ3) is 5.08. The van der Waals surface area contributed by atoms with E-state index in [9.17, 15) is 14.9 Å². The van der Waals surface area contributed by atoms with E-state index in [1.165, 1.54) is 18.2 Å². The van der Waals surface area contributed by atoms with Crippen molar-refractivity contribution >= 4 is 52.1 Å². The Morgan fingerprint density at radius 3 is 2.42 bits per heavy atom. The predicted molar refractivity (Wildman–Crippen MR) is 104 cm³/mol. The molecule has 0 aliphatic rings. The first-order valence-corrected chi connectivity index (χ1v) is 8.71. The molecule has 0 bridgehead atoms. The molecule has 1 atom stereocenters. The Kier molecular flexibility index (Phi) is 6.83. The highest BCUT2D eigenvalue weighted by atomic mass is 35.5. The quantitative estimate of drug-likeness (QED) is 0.530. The summed E-state index contributed by atoms with van der Waals surface area (Å²) < 4.78 is 0. The molecule has 9 heteroatoms. The zero-order chi connectivity index (χ0) is 19.4. The maximum absolute atomic E-state index is 12.4. The molecule has 0 aromatic heterocycles. The summed E-state index contributed by atoms with van der Waals surface area (Å²) in [5, 5.41) is 14.4. The van der Waals surface area contributed by atoms with Gasteiger partial charge >= 0.3 is 0 Å². The van der Waals surface area contributed by atoms with Crippen LogP contribution < -0.4 is 5.32 Å². The predicted octanol–water partition coefficient (Wildman–Crippen LogP) is 5.01. The van der Waals surface area contributed by atoms with E-state index in [-0.39, 0.29) is 16.6 Å². The molecule has 0 unspecified atom stereocenters. The van der Waals surface area contributed by atoms with Crippen molar-refractivity contribution in [1.82, 2.24) is 4.90 Å². The third-order valence-corrected chi connectivity index (χ3v) is 4.93. The number of rotatable bonds is 6. The largest absolute Gasteiger partial charge is 0.323 e. The Balaban J connectivity index is 2.04. The van der Waals surface area contributed by atoms with Crippen molar-refractivity contribution in [3.05, 3.63) is 67.1 Å². The van der Waals surface area contributed by atoms with Crippen LogP contribution in [-0.2, 0) is 11.3 Å². The van der Waals surface area contributed by atoms with Crippen LogP contribution >= 0.6 is 34.8 Å². The second-order valence-electron chi connectivity index (χ2n) is 5.75. The van der Waals surface area contributed by atoms with E-state index in [0.717, 1.165) is 5.56 Å². The van der Waals surface area contributed by atoms with Gasteiger partial charge in [-0.2, -0.15) is 0 Å². The van der Waals surface area contributed by atoms with E-state index < -0.39 is 11.0 Å². The SMILES string of the molecule is C[C@H](C(=O)Nc1ccc([N+](=O)[O-])cc1Cl)N(C)Cc1ccc(Cl)c(Cl)c1. The number of nitrogens with one attached hydrogen (secondary N) is 1. The van der Waals surface area contributed by atoms with Gasteiger partial charge < -0.3 is 5.32 Å². The van der Waals surface area contributed by atoms with Gasteiger partial charge in [-0.05, 0) is 37.7 Å². The lowest BCUT2D eigenvalue weighted by atomic mass is 10.2. The number of carbonyl (C=O) groups is 1. The second kappa shape index (κ2) is 8.68. The molecule has 2 aromatic rings. The fourth-order valence-electron chi connectivity index (χ4n) is 2.22. The average molecular weight is 417 g/mol. The molecule has 26 heavy (non-hydrogen) atoms. The van der Waals surface area contributed by atoms with Crippen molar-refractivity contribution in [2.24, 2.45) is 0 Å². The minimum Gasteiger partial charge on any atom is -0.323 e. The van der Waals surface area contributed by atoms with Crippen LogP contribution in [-0.4, -0.2) is 28.8 Å². The fourth-order valence-corrected chi connectivity index (χ4v) is 2.76. The van der Waals surface area contributed by atoms with Gasteiger partial charge in [0.05, 0.1) is 31.7 Å². The molecule has 1 N–H and O–H groups in total. The van der Waals surface area contributed by atoms with Gasteiger partial charge in [-0.15, -0.1) is 0 Å². The first-order valence-electron chi connectivity index (χ1n) is 7.58. The number of halogens is 3. The molecular weight excluding hydrogens is 401 g/mol. The lowest BCUT2D eigenvalue weighted by molar-refractivity contribution is -0.384. The monoisotopic (exact) mass is 415 g/mol. The summed E-state index contributed by atoms with van der Waals surface area (Å²) in [7, 11) is 1.80. The molecule has 0 spiro atoms. The molecule has 0 aliphatic heterocycles. The summed E-state index contributed by atoms with van der Waals surface area (Å²) in [6.07, 6.45) is 0. The zero-order valence-electron chi connectivity index (χ0n) is 14.0. The Bertz CT molecular complexity index is 845. The molecule has 0 heterocycles. The normalized spacial score (nSPS) is 12.1. The van der Waals surface area contributed by atoms with Crippen LogP contribution in [0.25, 0.3) is 0 Å². The standard InChI is InChI=1S/C17H16Cl3N3O3/c1-10(22(2)9-11-3-5-13(18)14(19)7-11)17(24)21-16-6-4-12(23(25)26)8-15(16)20/h3-8,10H,9H2,1-2H3,(H,21,24)/t10-/m1/s1. The number of non-ortho nitro benzene ring substituents is 1. The number of nitro benzene ring substituents is 1. The summed E-state index contributed by atoms with van der Waals surface area (Å²) in [4.78, 5) is 24.5. The van der Waals surface area contributed by atoms with Crippen molar-refractivity contribution in [2.45, 2.75) is 19.5 Å². The van der Waals surface area contributed by atoms with Crippen molar-refractivity contribution in [1.29, 1.82) is 0 Å². The highest BCUT2D eigenvalue weighted by Crippen LogP contribution is 2.27. The molecule has 2 aromatic carbocycles. The molecule has 6 nitrogen and oxygen atoms in total. The summed E-state index contributed by atoms with van der Waals surface area (Å²) in [6.45, 7) is 2.23. The number of hydrogen-bond donors (Lipinski definition) is 1. The van der Waals surface area contributed by atoms with E-state index in [1.807, 2.05) is 11.0 Å². The van der Waals surface area contributed by atoms with Crippen LogP contribution in [0.1, 0.15) is 12.5 Å². The number of amides is 1. The number of nitrogens with zero attached hydrogens (tertiary/aromatic N) is 2. The van der Waals surface area contributed by atoms with Crippen LogP contribution in [0.5, 0.6) is 0 Å². The van der Waals surface area contributed by atoms with Crippen LogP contribution in [0, 0.1) is 10.1 Å². The van der Waals surface area contributed by atoms with E-state index in [1.54, 1.807) is 26.1 Å². The molecule has 0 aliphatic carbocycles. The van der Waals surface area contributed by atoms with Gasteiger partial charge in [0.2, 0.25) is 5.91 Å². The molecule has 2 rings (SSSR count). The minimum absolute atomic E-state index is 0.104. The van der Waals surface area contributed by atoms with Crippen molar-refractivity contribution in [2.75, 3.05) is 12.4 Å². The second-order valence-corrected chi connectivity index (χ2v) is 6.97. The summed E-state index contributed by atoms with van der Waals surface area (Å²) in [5.74, 6) is -0.289. The van der Waals surface area contributed by atoms with Crippen molar-refractivity contribution < 1.29 is 9.72 Å². The number of likely N-dealkylation sites (N-methyl/N-ethyl adjacent to an activating group) is 1. The van der Waals surface area contributed by atoms with Crippen LogP contribution in [0.15, 0.2) is 36.4 Å². The van der Waals surface area contributed by atoms with Gasteiger partial charge in [0.1, 0.15) is 0 Å². The van der Waals surface area contributed by atoms with Gasteiger partial charge in [-0.25, -0.2) is 0 Å². The van der Waals surface area contributed by atoms with Gasteiger partial charge in [0.15, 0.2) is 0 Å². The molecule has 0 fully saturated rings. The lowest BCUT2D eigenvalue weighted by Gasteiger charge is -2.24. The van der Waals surface area contributed by atoms with E-state index in [4.69, 9.17) is 34.8 Å². The third-order valence-electron chi connectivity index (χ3n) is 3.88. The Morgan fingerprint density at radius 2 is 1.85 bits per heavy atom. The first kappa shape index (κ1) is 20.5. The summed E-state index contributed by atoms with van der Waals surface area (Å²) in [6, 6.07) is 8.70. The first-order chi connectivity index (χ1) is 12.2. The zero-order valence-corrected chi connectivity index (χ0v) is 16.3. The smallest absolute Gasteiger partial charge is 0.271 e. The molecule has 138 valence electrons. The van der Waals surface area contributed by atoms with E-state index >= 15 is 0 Å². The number of carbonyl (C=O) groups excluding carboxylic acids is 1. The maximum atomic E-state index is 12.4. The van der Waals surface area contributed by atoms with E-state index in [2.05, 4.69) is 5.32 Å². The van der Waals surface area contributed by atoms with Gasteiger partial charge in [0, 0.05) is 18.7 Å². The summed E-state index contributed by atoms with van der Waals surface area (Å²) in [5.41, 5.74) is 1.09. The van der Waals surface area contributed by atoms with E-state index in [0.29, 0.717) is 22.3 Å². The van der Waals surface area contributed by atoms with Crippen LogP contribution in [0.3, 0.4) is 0 Å². The van der Waals surface area contributed by atoms with Gasteiger partial charge in [-0.3, -0.25) is 19.8 Å². The lowest BCUT2D eigenvalue weighted by Crippen LogP contribution is -2.39. The molecule has 0 saturated heterocycles. The Labute approximate surface area is 165 Å². The fraction of sp³-hybridized carbons (Fsp3) is 0.235. The average Bonchev–Trinajstić information content (AvgIpc) is 2.58. The van der Waals surface area contributed by atoms with Crippen LogP contribution in [0.4, 0.5) is 11.4 Å². The number of benzene rings is 2. The van der Waals surface area contributed by atoms with Crippen molar-refractivity contribution in [3.8, 4) is 0 Å².